The number of nitrogens with one attached hydrogen (secondary N) is 1. The van der Waals surface area contributed by atoms with Crippen LogP contribution in [-0.2, 0) is 14.9 Å². The highest BCUT2D eigenvalue weighted by Crippen LogP contribution is 2.53. The molecule has 3 aromatic carbocycles. The number of hydrogen-bond donors (Lipinski definition) is 1. The first-order valence-electron chi connectivity index (χ1n) is 12.5. The first-order valence-corrected chi connectivity index (χ1v) is 12.5. The summed E-state index contributed by atoms with van der Waals surface area (Å²) in [6, 6.07) is 16.5. The lowest BCUT2D eigenvalue weighted by Gasteiger charge is -2.34. The Morgan fingerprint density at radius 1 is 0.923 bits per heavy atom. The fourth-order valence-electron chi connectivity index (χ4n) is 5.18. The smallest absolute Gasteiger partial charge is 0.497 e. The normalized spacial score (nSPS) is 21.2. The van der Waals surface area contributed by atoms with Gasteiger partial charge in [0.15, 0.2) is 11.5 Å². The molecule has 202 valence electrons. The van der Waals surface area contributed by atoms with E-state index in [4.69, 9.17) is 14.2 Å². The lowest BCUT2D eigenvalue weighted by molar-refractivity contribution is -0.286. The summed E-state index contributed by atoms with van der Waals surface area (Å²) in [6.45, 7) is 0. The second-order valence-electron chi connectivity index (χ2n) is 9.80. The zero-order valence-corrected chi connectivity index (χ0v) is 21.2. The number of esters is 1. The van der Waals surface area contributed by atoms with Gasteiger partial charge in [-0.25, -0.2) is 4.79 Å². The van der Waals surface area contributed by atoms with E-state index < -0.39 is 29.8 Å². The monoisotopic (exact) mass is 537 g/mol. The Kier molecular flexibility index (Phi) is 5.85. The Morgan fingerprint density at radius 2 is 1.67 bits per heavy atom. The van der Waals surface area contributed by atoms with Crippen molar-refractivity contribution in [1.29, 1.82) is 0 Å². The molecule has 0 bridgehead atoms. The number of fused-ring (bicyclic) bond motifs is 2. The predicted octanol–water partition coefficient (Wildman–Crippen LogP) is 5.22. The van der Waals surface area contributed by atoms with Crippen LogP contribution in [0.1, 0.15) is 58.5 Å². The molecule has 1 aliphatic carbocycles. The van der Waals surface area contributed by atoms with Crippen molar-refractivity contribution in [2.24, 2.45) is 0 Å². The molecule has 3 aromatic rings. The largest absolute Gasteiger partial charge is 0.586 e. The molecule has 2 atom stereocenters. The van der Waals surface area contributed by atoms with Gasteiger partial charge in [-0.1, -0.05) is 18.2 Å². The molecule has 2 heterocycles. The fraction of sp³-hybridized carbons (Fsp3) is 0.310. The number of ether oxygens (including phenoxy) is 5. The number of methoxy groups -OCH3 is 2. The van der Waals surface area contributed by atoms with Gasteiger partial charge in [0.05, 0.1) is 31.2 Å². The van der Waals surface area contributed by atoms with Gasteiger partial charge < -0.3 is 29.0 Å². The maximum atomic E-state index is 13.7. The summed E-state index contributed by atoms with van der Waals surface area (Å²) in [5.74, 6) is 0.387. The van der Waals surface area contributed by atoms with Crippen molar-refractivity contribution in [1.82, 2.24) is 5.32 Å². The van der Waals surface area contributed by atoms with Crippen LogP contribution in [0.2, 0.25) is 0 Å². The second kappa shape index (κ2) is 9.14. The van der Waals surface area contributed by atoms with Gasteiger partial charge >= 0.3 is 12.3 Å². The zero-order valence-electron chi connectivity index (χ0n) is 21.2. The predicted molar refractivity (Wildman–Crippen MR) is 133 cm³/mol. The van der Waals surface area contributed by atoms with Gasteiger partial charge in [0.25, 0.3) is 0 Å². The average Bonchev–Trinajstić information content (AvgIpc) is 3.69. The van der Waals surface area contributed by atoms with E-state index in [0.717, 1.165) is 11.1 Å². The van der Waals surface area contributed by atoms with Crippen LogP contribution in [0.4, 0.5) is 8.78 Å². The van der Waals surface area contributed by atoms with E-state index in [1.807, 2.05) is 6.07 Å². The third kappa shape index (κ3) is 4.49. The molecular formula is C29H25F2NO7. The Labute approximate surface area is 222 Å². The van der Waals surface area contributed by atoms with E-state index in [0.29, 0.717) is 41.9 Å². The van der Waals surface area contributed by atoms with E-state index in [2.05, 4.69) is 14.8 Å². The number of rotatable bonds is 6. The molecule has 6 rings (SSSR count). The summed E-state index contributed by atoms with van der Waals surface area (Å²) < 4.78 is 52.6. The van der Waals surface area contributed by atoms with Crippen LogP contribution in [0.5, 0.6) is 23.0 Å². The maximum Gasteiger partial charge on any atom is 0.586 e. The number of alkyl halides is 2. The first-order chi connectivity index (χ1) is 18.7. The Bertz CT molecular complexity index is 1450. The minimum absolute atomic E-state index is 0.0617. The van der Waals surface area contributed by atoms with Crippen LogP contribution in [0.3, 0.4) is 0 Å². The molecule has 1 N–H and O–H groups in total. The lowest BCUT2D eigenvalue weighted by atomic mass is 9.90. The van der Waals surface area contributed by atoms with Gasteiger partial charge in [-0.2, -0.15) is 0 Å². The molecule has 3 aliphatic rings. The van der Waals surface area contributed by atoms with E-state index in [9.17, 15) is 18.4 Å². The van der Waals surface area contributed by atoms with Crippen molar-refractivity contribution >= 4 is 11.9 Å². The van der Waals surface area contributed by atoms with Crippen LogP contribution >= 0.6 is 0 Å². The van der Waals surface area contributed by atoms with E-state index in [1.54, 1.807) is 49.6 Å². The molecule has 10 heteroatoms. The maximum absolute atomic E-state index is 13.7. The van der Waals surface area contributed by atoms with Crippen LogP contribution in [0.15, 0.2) is 60.7 Å². The lowest BCUT2D eigenvalue weighted by Crippen LogP contribution is -2.39. The van der Waals surface area contributed by atoms with Crippen LogP contribution in [-0.4, -0.2) is 32.4 Å². The fourth-order valence-corrected chi connectivity index (χ4v) is 5.18. The SMILES string of the molecule is COC(=O)c1ccc([C@H]2C[C@@H](NC(=O)C3(c4ccc5c(c4)OC(F)(F)O5)CC3)c3ccc(OC)cc3O2)cc1. The minimum Gasteiger partial charge on any atom is -0.497 e. The molecule has 0 saturated heterocycles. The quantitative estimate of drug-likeness (QED) is 0.431. The molecule has 1 fully saturated rings. The summed E-state index contributed by atoms with van der Waals surface area (Å²) >= 11 is 0. The second-order valence-corrected chi connectivity index (χ2v) is 9.80. The molecule has 39 heavy (non-hydrogen) atoms. The molecular weight excluding hydrogens is 512 g/mol. The Balaban J connectivity index is 1.27. The van der Waals surface area contributed by atoms with Gasteiger partial charge in [-0.15, -0.1) is 8.78 Å². The third-order valence-corrected chi connectivity index (χ3v) is 7.46. The molecule has 0 spiro atoms. The average molecular weight is 538 g/mol. The third-order valence-electron chi connectivity index (χ3n) is 7.46. The molecule has 1 saturated carbocycles. The number of carbonyl (C=O) groups excluding carboxylic acids is 2. The molecule has 1 amide bonds. The van der Waals surface area contributed by atoms with Crippen molar-refractivity contribution in [3.05, 3.63) is 82.9 Å². The molecule has 0 aromatic heterocycles. The summed E-state index contributed by atoms with van der Waals surface area (Å²) in [6.07, 6.45) is -2.55. The molecule has 0 radical (unpaired) electrons. The summed E-state index contributed by atoms with van der Waals surface area (Å²) in [5.41, 5.74) is 1.79. The molecule has 2 aliphatic heterocycles. The number of benzene rings is 3. The number of amides is 1. The van der Waals surface area contributed by atoms with Crippen LogP contribution < -0.4 is 24.3 Å². The topological polar surface area (TPSA) is 92.3 Å². The van der Waals surface area contributed by atoms with Gasteiger partial charge in [0, 0.05) is 18.1 Å². The van der Waals surface area contributed by atoms with Crippen molar-refractivity contribution in [3.63, 3.8) is 0 Å². The van der Waals surface area contributed by atoms with E-state index in [-0.39, 0.29) is 17.4 Å². The molecule has 0 unspecified atom stereocenters. The standard InChI is InChI=1S/C29H25F2NO7/c1-35-19-8-9-20-21(15-23(37-24(20)14-19)16-3-5-17(6-4-16)26(33)36-2)32-27(34)28(11-12-28)18-7-10-22-25(13-18)39-29(30,31)38-22/h3-10,13-14,21,23H,11-12,15H2,1-2H3,(H,32,34)/t21-,23-/m1/s1. The minimum atomic E-state index is -3.73. The summed E-state index contributed by atoms with van der Waals surface area (Å²) in [7, 11) is 2.88. The van der Waals surface area contributed by atoms with Crippen molar-refractivity contribution < 1.29 is 42.1 Å². The number of hydrogen-bond acceptors (Lipinski definition) is 7. The summed E-state index contributed by atoms with van der Waals surface area (Å²) in [5, 5.41) is 3.18. The van der Waals surface area contributed by atoms with Crippen molar-refractivity contribution in [2.75, 3.05) is 14.2 Å². The van der Waals surface area contributed by atoms with E-state index in [1.165, 1.54) is 19.2 Å². The summed E-state index contributed by atoms with van der Waals surface area (Å²) in [4.78, 5) is 25.6. The Morgan fingerprint density at radius 3 is 2.36 bits per heavy atom. The van der Waals surface area contributed by atoms with Gasteiger partial charge in [0.2, 0.25) is 5.91 Å². The highest BCUT2D eigenvalue weighted by Gasteiger charge is 2.53. The van der Waals surface area contributed by atoms with E-state index >= 15 is 0 Å². The first kappa shape index (κ1) is 25.0. The number of halogens is 2. The van der Waals surface area contributed by atoms with Crippen molar-refractivity contribution in [3.8, 4) is 23.0 Å². The van der Waals surface area contributed by atoms with Gasteiger partial charge in [-0.3, -0.25) is 4.79 Å². The Hall–Kier alpha value is -4.34. The number of carbonyl (C=O) groups is 2. The molecule has 8 nitrogen and oxygen atoms in total. The zero-order chi connectivity index (χ0) is 27.4. The highest BCUT2D eigenvalue weighted by atomic mass is 19.3. The van der Waals surface area contributed by atoms with Crippen LogP contribution in [0.25, 0.3) is 0 Å². The highest BCUT2D eigenvalue weighted by molar-refractivity contribution is 5.92. The van der Waals surface area contributed by atoms with Gasteiger partial charge in [-0.05, 0) is 60.4 Å². The van der Waals surface area contributed by atoms with Crippen molar-refractivity contribution in [2.45, 2.75) is 43.1 Å². The van der Waals surface area contributed by atoms with Crippen LogP contribution in [0, 0.1) is 0 Å². The van der Waals surface area contributed by atoms with Gasteiger partial charge in [0.1, 0.15) is 17.6 Å².